The summed E-state index contributed by atoms with van der Waals surface area (Å²) in [5, 5.41) is 19.9. The van der Waals surface area contributed by atoms with E-state index in [1.54, 1.807) is 29.2 Å². The van der Waals surface area contributed by atoms with Crippen molar-refractivity contribution in [3.05, 3.63) is 42.2 Å². The van der Waals surface area contributed by atoms with Crippen LogP contribution in [0, 0.1) is 5.41 Å². The van der Waals surface area contributed by atoms with Crippen LogP contribution in [-0.4, -0.2) is 39.2 Å². The molecule has 0 atom stereocenters. The highest BCUT2D eigenvalue weighted by Crippen LogP contribution is 2.29. The summed E-state index contributed by atoms with van der Waals surface area (Å²) in [5.74, 6) is -0.0978. The van der Waals surface area contributed by atoms with E-state index in [9.17, 15) is 9.90 Å². The average molecular weight is 316 g/mol. The third-order valence-electron chi connectivity index (χ3n) is 4.58. The van der Waals surface area contributed by atoms with Gasteiger partial charge in [-0.05, 0) is 48.9 Å². The van der Waals surface area contributed by atoms with Gasteiger partial charge in [0.1, 0.15) is 0 Å². The van der Waals surface area contributed by atoms with Crippen LogP contribution in [0.4, 0.5) is 0 Å². The van der Waals surface area contributed by atoms with Crippen molar-refractivity contribution in [3.8, 4) is 5.69 Å². The molecule has 124 valence electrons. The van der Waals surface area contributed by atoms with Gasteiger partial charge in [-0.2, -0.15) is 0 Å². The number of amides is 1. The Morgan fingerprint density at radius 3 is 2.48 bits per heavy atom. The minimum atomic E-state index is -0.0978. The van der Waals surface area contributed by atoms with Gasteiger partial charge in [0, 0.05) is 18.7 Å². The van der Waals surface area contributed by atoms with Gasteiger partial charge in [-0.15, -0.1) is 5.10 Å². The Kier molecular flexibility index (Phi) is 5.87. The van der Waals surface area contributed by atoms with Crippen LogP contribution < -0.4 is 5.32 Å². The summed E-state index contributed by atoms with van der Waals surface area (Å²) in [4.78, 5) is 12.3. The number of nitrogens with one attached hydrogen (secondary N) is 1. The molecule has 0 saturated heterocycles. The molecule has 1 aromatic heterocycles. The normalized spacial score (nSPS) is 11.4. The third kappa shape index (κ3) is 4.16. The topological polar surface area (TPSA) is 80.0 Å². The predicted molar refractivity (Wildman–Crippen MR) is 88.4 cm³/mol. The van der Waals surface area contributed by atoms with Crippen molar-refractivity contribution in [1.29, 1.82) is 0 Å². The number of rotatable bonds is 8. The number of carbonyl (C=O) groups is 1. The molecule has 0 aliphatic heterocycles. The predicted octanol–water partition coefficient (Wildman–Crippen LogP) is 2.19. The molecule has 6 nitrogen and oxygen atoms in total. The second-order valence-electron chi connectivity index (χ2n) is 5.76. The largest absolute Gasteiger partial charge is 0.396 e. The van der Waals surface area contributed by atoms with E-state index in [0.717, 1.165) is 18.5 Å². The Hall–Kier alpha value is -2.21. The van der Waals surface area contributed by atoms with Gasteiger partial charge >= 0.3 is 0 Å². The van der Waals surface area contributed by atoms with Crippen molar-refractivity contribution in [2.45, 2.75) is 33.1 Å². The van der Waals surface area contributed by atoms with E-state index in [4.69, 9.17) is 0 Å². The second kappa shape index (κ2) is 7.87. The van der Waals surface area contributed by atoms with Gasteiger partial charge < -0.3 is 10.4 Å². The maximum absolute atomic E-state index is 12.3. The van der Waals surface area contributed by atoms with Crippen LogP contribution in [0.3, 0.4) is 0 Å². The maximum atomic E-state index is 12.3. The number of aromatic nitrogens is 3. The second-order valence-corrected chi connectivity index (χ2v) is 5.76. The Bertz CT molecular complexity index is 604. The molecule has 0 saturated carbocycles. The van der Waals surface area contributed by atoms with E-state index >= 15 is 0 Å². The molecule has 1 amide bonds. The summed E-state index contributed by atoms with van der Waals surface area (Å²) in [6, 6.07) is 7.23. The van der Waals surface area contributed by atoms with Crippen LogP contribution in [0.25, 0.3) is 5.69 Å². The number of hydrogen-bond donors (Lipinski definition) is 2. The first-order chi connectivity index (χ1) is 11.1. The third-order valence-corrected chi connectivity index (χ3v) is 4.58. The molecule has 0 aliphatic rings. The number of nitrogens with zero attached hydrogens (tertiary/aromatic N) is 3. The van der Waals surface area contributed by atoms with Gasteiger partial charge in [0.05, 0.1) is 18.1 Å². The quantitative estimate of drug-likeness (QED) is 0.782. The Balaban J connectivity index is 2.00. The fourth-order valence-electron chi connectivity index (χ4n) is 2.66. The molecule has 0 bridgehead atoms. The van der Waals surface area contributed by atoms with Crippen LogP contribution >= 0.6 is 0 Å². The number of aliphatic hydroxyl groups is 1. The first kappa shape index (κ1) is 17.1. The fourth-order valence-corrected chi connectivity index (χ4v) is 2.66. The lowest BCUT2D eigenvalue weighted by Crippen LogP contribution is -2.37. The number of aliphatic hydroxyl groups excluding tert-OH is 1. The average Bonchev–Trinajstić information content (AvgIpc) is 3.13. The van der Waals surface area contributed by atoms with Crippen molar-refractivity contribution in [1.82, 2.24) is 20.3 Å². The van der Waals surface area contributed by atoms with Crippen LogP contribution in [0.15, 0.2) is 36.7 Å². The maximum Gasteiger partial charge on any atom is 0.251 e. The monoisotopic (exact) mass is 316 g/mol. The first-order valence-electron chi connectivity index (χ1n) is 8.00. The van der Waals surface area contributed by atoms with Crippen LogP contribution in [-0.2, 0) is 0 Å². The number of benzene rings is 1. The SMILES string of the molecule is CCC(CC)(CCO)CNC(=O)c1ccc(-n2ccnn2)cc1. The molecule has 0 aliphatic carbocycles. The van der Waals surface area contributed by atoms with Crippen molar-refractivity contribution < 1.29 is 9.90 Å². The molecule has 1 aromatic carbocycles. The van der Waals surface area contributed by atoms with E-state index in [-0.39, 0.29) is 17.9 Å². The molecule has 0 spiro atoms. The summed E-state index contributed by atoms with van der Waals surface area (Å²) in [6.07, 6.45) is 5.91. The highest BCUT2D eigenvalue weighted by molar-refractivity contribution is 5.94. The molecule has 23 heavy (non-hydrogen) atoms. The minimum Gasteiger partial charge on any atom is -0.396 e. The summed E-state index contributed by atoms with van der Waals surface area (Å²) in [6.45, 7) is 4.91. The highest BCUT2D eigenvalue weighted by Gasteiger charge is 2.26. The summed E-state index contributed by atoms with van der Waals surface area (Å²) in [7, 11) is 0. The molecule has 2 aromatic rings. The lowest BCUT2D eigenvalue weighted by atomic mass is 9.79. The van der Waals surface area contributed by atoms with E-state index in [2.05, 4.69) is 29.5 Å². The standard InChI is InChI=1S/C17H24N4O2/c1-3-17(4-2,9-12-22)13-18-16(23)14-5-7-15(8-6-14)21-11-10-19-20-21/h5-8,10-11,22H,3-4,9,12-13H2,1-2H3,(H,18,23). The lowest BCUT2D eigenvalue weighted by molar-refractivity contribution is 0.0907. The molecule has 2 rings (SSSR count). The number of carbonyl (C=O) groups excluding carboxylic acids is 1. The summed E-state index contributed by atoms with van der Waals surface area (Å²) >= 11 is 0. The van der Waals surface area contributed by atoms with E-state index in [1.165, 1.54) is 0 Å². The van der Waals surface area contributed by atoms with Crippen LogP contribution in [0.2, 0.25) is 0 Å². The molecule has 0 fully saturated rings. The van der Waals surface area contributed by atoms with Gasteiger partial charge in [0.2, 0.25) is 0 Å². The van der Waals surface area contributed by atoms with Crippen LogP contribution in [0.1, 0.15) is 43.5 Å². The van der Waals surface area contributed by atoms with E-state index in [1.807, 2.05) is 12.1 Å². The zero-order valence-electron chi connectivity index (χ0n) is 13.7. The van der Waals surface area contributed by atoms with Gasteiger partial charge in [0.25, 0.3) is 5.91 Å². The highest BCUT2D eigenvalue weighted by atomic mass is 16.3. The van der Waals surface area contributed by atoms with Crippen molar-refractivity contribution >= 4 is 5.91 Å². The van der Waals surface area contributed by atoms with E-state index < -0.39 is 0 Å². The van der Waals surface area contributed by atoms with Crippen molar-refractivity contribution in [3.63, 3.8) is 0 Å². The lowest BCUT2D eigenvalue weighted by Gasteiger charge is -2.31. The van der Waals surface area contributed by atoms with Crippen molar-refractivity contribution in [2.24, 2.45) is 5.41 Å². The van der Waals surface area contributed by atoms with Gasteiger partial charge in [-0.1, -0.05) is 19.1 Å². The smallest absolute Gasteiger partial charge is 0.251 e. The molecule has 6 heteroatoms. The molecule has 1 heterocycles. The minimum absolute atomic E-state index is 0.0366. The Morgan fingerprint density at radius 1 is 1.26 bits per heavy atom. The zero-order valence-corrected chi connectivity index (χ0v) is 13.7. The van der Waals surface area contributed by atoms with E-state index in [0.29, 0.717) is 18.5 Å². The van der Waals surface area contributed by atoms with Gasteiger partial charge in [0.15, 0.2) is 0 Å². The zero-order chi connectivity index (χ0) is 16.7. The first-order valence-corrected chi connectivity index (χ1v) is 8.00. The van der Waals surface area contributed by atoms with Gasteiger partial charge in [-0.3, -0.25) is 4.79 Å². The fraction of sp³-hybridized carbons (Fsp3) is 0.471. The molecule has 2 N–H and O–H groups in total. The molecule has 0 unspecified atom stereocenters. The molecular weight excluding hydrogens is 292 g/mol. The Labute approximate surface area is 136 Å². The number of hydrogen-bond acceptors (Lipinski definition) is 4. The molecular formula is C17H24N4O2. The Morgan fingerprint density at radius 2 is 1.96 bits per heavy atom. The summed E-state index contributed by atoms with van der Waals surface area (Å²) in [5.41, 5.74) is 1.43. The van der Waals surface area contributed by atoms with Crippen molar-refractivity contribution in [2.75, 3.05) is 13.2 Å². The van der Waals surface area contributed by atoms with Crippen LogP contribution in [0.5, 0.6) is 0 Å². The van der Waals surface area contributed by atoms with Gasteiger partial charge in [-0.25, -0.2) is 4.68 Å². The summed E-state index contributed by atoms with van der Waals surface area (Å²) < 4.78 is 1.64. The molecule has 0 radical (unpaired) electrons.